The zero-order chi connectivity index (χ0) is 18.7. The standard InChI is InChI=1S/C20H21NO5/c1-13(2)25-19(22)17-18(14-7-5-4-6-8-14)26-20(23)21(17)15-9-11-16(24-3)12-10-15/h4-13,17-18H,1-3H3. The van der Waals surface area contributed by atoms with Crippen molar-refractivity contribution in [2.75, 3.05) is 12.0 Å². The van der Waals surface area contributed by atoms with E-state index >= 15 is 0 Å². The van der Waals surface area contributed by atoms with Gasteiger partial charge in [0.25, 0.3) is 0 Å². The Morgan fingerprint density at radius 2 is 1.73 bits per heavy atom. The first-order chi connectivity index (χ1) is 12.5. The summed E-state index contributed by atoms with van der Waals surface area (Å²) < 4.78 is 16.1. The van der Waals surface area contributed by atoms with Gasteiger partial charge in [0.2, 0.25) is 0 Å². The van der Waals surface area contributed by atoms with Gasteiger partial charge in [0.15, 0.2) is 12.1 Å². The van der Waals surface area contributed by atoms with Crippen LogP contribution in [0.25, 0.3) is 0 Å². The van der Waals surface area contributed by atoms with Crippen LogP contribution in [0.2, 0.25) is 0 Å². The van der Waals surface area contributed by atoms with Crippen molar-refractivity contribution in [1.82, 2.24) is 0 Å². The molecule has 2 unspecified atom stereocenters. The highest BCUT2D eigenvalue weighted by Crippen LogP contribution is 2.37. The lowest BCUT2D eigenvalue weighted by Crippen LogP contribution is -2.42. The molecule has 1 aliphatic rings. The Morgan fingerprint density at radius 3 is 2.31 bits per heavy atom. The van der Waals surface area contributed by atoms with Crippen LogP contribution in [0.3, 0.4) is 0 Å². The molecule has 0 aliphatic carbocycles. The summed E-state index contributed by atoms with van der Waals surface area (Å²) in [4.78, 5) is 26.7. The van der Waals surface area contributed by atoms with Crippen molar-refractivity contribution in [2.45, 2.75) is 32.1 Å². The van der Waals surface area contributed by atoms with Crippen molar-refractivity contribution in [3.8, 4) is 5.75 Å². The average Bonchev–Trinajstić information content (AvgIpc) is 2.99. The van der Waals surface area contributed by atoms with Crippen LogP contribution in [-0.2, 0) is 14.3 Å². The molecule has 1 saturated heterocycles. The minimum atomic E-state index is -0.902. The summed E-state index contributed by atoms with van der Waals surface area (Å²) >= 11 is 0. The average molecular weight is 355 g/mol. The van der Waals surface area contributed by atoms with Gasteiger partial charge in [0.1, 0.15) is 5.75 Å². The molecule has 1 heterocycles. The molecule has 0 spiro atoms. The number of ether oxygens (including phenoxy) is 3. The maximum atomic E-state index is 12.8. The van der Waals surface area contributed by atoms with E-state index in [1.807, 2.05) is 30.3 Å². The lowest BCUT2D eigenvalue weighted by Gasteiger charge is -2.24. The van der Waals surface area contributed by atoms with Crippen molar-refractivity contribution in [3.05, 3.63) is 60.2 Å². The number of cyclic esters (lactones) is 1. The number of hydrogen-bond donors (Lipinski definition) is 0. The lowest BCUT2D eigenvalue weighted by atomic mass is 10.0. The zero-order valence-corrected chi connectivity index (χ0v) is 14.9. The third-order valence-corrected chi connectivity index (χ3v) is 4.06. The molecular weight excluding hydrogens is 334 g/mol. The molecular formula is C20H21NO5. The predicted octanol–water partition coefficient (Wildman–Crippen LogP) is 3.71. The zero-order valence-electron chi connectivity index (χ0n) is 14.9. The van der Waals surface area contributed by atoms with Crippen molar-refractivity contribution in [1.29, 1.82) is 0 Å². The molecule has 2 aromatic rings. The second kappa shape index (κ2) is 7.47. The summed E-state index contributed by atoms with van der Waals surface area (Å²) in [6, 6.07) is 15.2. The predicted molar refractivity (Wildman–Crippen MR) is 96.2 cm³/mol. The molecule has 0 aromatic heterocycles. The molecule has 1 amide bonds. The van der Waals surface area contributed by atoms with Crippen LogP contribution in [0.15, 0.2) is 54.6 Å². The van der Waals surface area contributed by atoms with E-state index in [0.717, 1.165) is 5.56 Å². The fourth-order valence-corrected chi connectivity index (χ4v) is 2.91. The Labute approximate surface area is 152 Å². The van der Waals surface area contributed by atoms with Crippen LogP contribution in [0.5, 0.6) is 5.75 Å². The molecule has 0 bridgehead atoms. The van der Waals surface area contributed by atoms with E-state index < -0.39 is 24.2 Å². The minimum absolute atomic E-state index is 0.299. The Balaban J connectivity index is 2.00. The molecule has 1 fully saturated rings. The van der Waals surface area contributed by atoms with Crippen LogP contribution in [0, 0.1) is 0 Å². The van der Waals surface area contributed by atoms with Gasteiger partial charge in [-0.05, 0) is 43.7 Å². The maximum absolute atomic E-state index is 12.8. The van der Waals surface area contributed by atoms with Gasteiger partial charge in [-0.1, -0.05) is 30.3 Å². The third kappa shape index (κ3) is 3.49. The van der Waals surface area contributed by atoms with Crippen molar-refractivity contribution in [2.24, 2.45) is 0 Å². The van der Waals surface area contributed by atoms with E-state index in [1.165, 1.54) is 4.90 Å². The minimum Gasteiger partial charge on any atom is -0.497 e. The number of nitrogens with zero attached hydrogens (tertiary/aromatic N) is 1. The van der Waals surface area contributed by atoms with Crippen LogP contribution in [0.1, 0.15) is 25.5 Å². The molecule has 2 aromatic carbocycles. The first-order valence-electron chi connectivity index (χ1n) is 8.40. The molecule has 0 radical (unpaired) electrons. The molecule has 136 valence electrons. The van der Waals surface area contributed by atoms with E-state index in [-0.39, 0.29) is 6.10 Å². The molecule has 2 atom stereocenters. The lowest BCUT2D eigenvalue weighted by molar-refractivity contribution is -0.150. The van der Waals surface area contributed by atoms with Crippen LogP contribution in [-0.4, -0.2) is 31.3 Å². The first kappa shape index (κ1) is 17.8. The number of hydrogen-bond acceptors (Lipinski definition) is 5. The van der Waals surface area contributed by atoms with Gasteiger partial charge in [-0.15, -0.1) is 0 Å². The van der Waals surface area contributed by atoms with Gasteiger partial charge < -0.3 is 14.2 Å². The van der Waals surface area contributed by atoms with Gasteiger partial charge in [-0.3, -0.25) is 4.90 Å². The monoisotopic (exact) mass is 355 g/mol. The van der Waals surface area contributed by atoms with Gasteiger partial charge in [0, 0.05) is 5.69 Å². The number of esters is 1. The van der Waals surface area contributed by atoms with Gasteiger partial charge in [0.05, 0.1) is 13.2 Å². The Morgan fingerprint density at radius 1 is 1.08 bits per heavy atom. The molecule has 3 rings (SSSR count). The molecule has 26 heavy (non-hydrogen) atoms. The van der Waals surface area contributed by atoms with E-state index in [9.17, 15) is 9.59 Å². The SMILES string of the molecule is COc1ccc(N2C(=O)OC(c3ccccc3)C2C(=O)OC(C)C)cc1. The summed E-state index contributed by atoms with van der Waals surface area (Å²) in [5.41, 5.74) is 1.28. The van der Waals surface area contributed by atoms with Gasteiger partial charge >= 0.3 is 12.1 Å². The second-order valence-electron chi connectivity index (χ2n) is 6.21. The third-order valence-electron chi connectivity index (χ3n) is 4.06. The number of benzene rings is 2. The molecule has 1 aliphatic heterocycles. The smallest absolute Gasteiger partial charge is 0.415 e. The largest absolute Gasteiger partial charge is 0.497 e. The fourth-order valence-electron chi connectivity index (χ4n) is 2.91. The summed E-state index contributed by atoms with van der Waals surface area (Å²) in [5.74, 6) is 0.151. The van der Waals surface area contributed by atoms with Crippen molar-refractivity contribution in [3.63, 3.8) is 0 Å². The van der Waals surface area contributed by atoms with E-state index in [4.69, 9.17) is 14.2 Å². The number of methoxy groups -OCH3 is 1. The Bertz CT molecular complexity index is 773. The van der Waals surface area contributed by atoms with Crippen molar-refractivity contribution >= 4 is 17.7 Å². The summed E-state index contributed by atoms with van der Waals surface area (Å²) in [6.07, 6.45) is -1.63. The highest BCUT2D eigenvalue weighted by atomic mass is 16.6. The Hall–Kier alpha value is -3.02. The summed E-state index contributed by atoms with van der Waals surface area (Å²) in [6.45, 7) is 3.54. The number of carbonyl (C=O) groups is 2. The Kier molecular flexibility index (Phi) is 5.11. The first-order valence-corrected chi connectivity index (χ1v) is 8.40. The van der Waals surface area contributed by atoms with E-state index in [1.54, 1.807) is 45.2 Å². The van der Waals surface area contributed by atoms with Crippen LogP contribution in [0.4, 0.5) is 10.5 Å². The number of amides is 1. The molecule has 0 N–H and O–H groups in total. The number of anilines is 1. The molecule has 0 saturated carbocycles. The van der Waals surface area contributed by atoms with Crippen LogP contribution >= 0.6 is 0 Å². The summed E-state index contributed by atoms with van der Waals surface area (Å²) in [5, 5.41) is 0. The number of carbonyl (C=O) groups excluding carboxylic acids is 2. The maximum Gasteiger partial charge on any atom is 0.415 e. The second-order valence-corrected chi connectivity index (χ2v) is 6.21. The molecule has 6 nitrogen and oxygen atoms in total. The van der Waals surface area contributed by atoms with Crippen molar-refractivity contribution < 1.29 is 23.8 Å². The quantitative estimate of drug-likeness (QED) is 0.765. The highest BCUT2D eigenvalue weighted by molar-refractivity contribution is 5.99. The van der Waals surface area contributed by atoms with E-state index in [2.05, 4.69) is 0 Å². The summed E-state index contributed by atoms with van der Waals surface area (Å²) in [7, 11) is 1.56. The van der Waals surface area contributed by atoms with Gasteiger partial charge in [-0.2, -0.15) is 0 Å². The highest BCUT2D eigenvalue weighted by Gasteiger charge is 2.49. The molecule has 6 heteroatoms. The van der Waals surface area contributed by atoms with E-state index in [0.29, 0.717) is 11.4 Å². The normalized spacial score (nSPS) is 19.4. The fraction of sp³-hybridized carbons (Fsp3) is 0.300. The topological polar surface area (TPSA) is 65.1 Å². The van der Waals surface area contributed by atoms with Crippen LogP contribution < -0.4 is 9.64 Å². The van der Waals surface area contributed by atoms with Gasteiger partial charge in [-0.25, -0.2) is 9.59 Å². The number of rotatable bonds is 5.